The van der Waals surface area contributed by atoms with Crippen LogP contribution in [0, 0.1) is 5.92 Å². The lowest BCUT2D eigenvalue weighted by atomic mass is 9.92. The Balaban J connectivity index is 1.64. The second kappa shape index (κ2) is 7.78. The van der Waals surface area contributed by atoms with Crippen LogP contribution in [0.2, 0.25) is 0 Å². The maximum Gasteiger partial charge on any atom is 0.303 e. The normalized spacial score (nSPS) is 19.6. The first kappa shape index (κ1) is 18.7. The number of ether oxygens (including phenoxy) is 1. The third-order valence-corrected chi connectivity index (χ3v) is 5.83. The van der Waals surface area contributed by atoms with Gasteiger partial charge in [-0.3, -0.25) is 14.6 Å². The van der Waals surface area contributed by atoms with E-state index in [1.807, 2.05) is 29.2 Å². The smallest absolute Gasteiger partial charge is 0.303 e. The van der Waals surface area contributed by atoms with Gasteiger partial charge >= 0.3 is 5.97 Å². The summed E-state index contributed by atoms with van der Waals surface area (Å²) in [4.78, 5) is 31.0. The van der Waals surface area contributed by atoms with E-state index >= 15 is 0 Å². The molecule has 0 radical (unpaired) electrons. The fraction of sp³-hybridized carbons (Fsp3) is 0.500. The van der Waals surface area contributed by atoms with Gasteiger partial charge in [0.05, 0.1) is 18.2 Å². The lowest BCUT2D eigenvalue weighted by Gasteiger charge is -2.33. The highest BCUT2D eigenvalue weighted by molar-refractivity contribution is 6.06. The molecule has 0 spiro atoms. The molecular weight excluding hydrogens is 356 g/mol. The van der Waals surface area contributed by atoms with Gasteiger partial charge in [-0.05, 0) is 62.3 Å². The molecule has 1 aliphatic heterocycles. The summed E-state index contributed by atoms with van der Waals surface area (Å²) < 4.78 is 5.36. The summed E-state index contributed by atoms with van der Waals surface area (Å²) in [5.74, 6) is 0.662. The van der Waals surface area contributed by atoms with Crippen LogP contribution >= 0.6 is 0 Å². The second-order valence-corrected chi connectivity index (χ2v) is 7.94. The zero-order valence-electron chi connectivity index (χ0n) is 16.2. The number of piperidine rings is 1. The van der Waals surface area contributed by atoms with Gasteiger partial charge in [0.2, 0.25) is 0 Å². The Morgan fingerprint density at radius 1 is 1.25 bits per heavy atom. The van der Waals surface area contributed by atoms with Crippen molar-refractivity contribution in [1.82, 2.24) is 9.88 Å². The van der Waals surface area contributed by atoms with Crippen LogP contribution in [0.4, 0.5) is 0 Å². The number of nitrogens with zero attached hydrogens (tertiary/aromatic N) is 2. The summed E-state index contributed by atoms with van der Waals surface area (Å²) in [6.07, 6.45) is 4.94. The number of amides is 1. The number of hydrogen-bond acceptors (Lipinski definition) is 4. The average Bonchev–Trinajstić information content (AvgIpc) is 3.56. The number of methoxy groups -OCH3 is 1. The summed E-state index contributed by atoms with van der Waals surface area (Å²) in [5, 5.41) is 9.77. The molecule has 1 aliphatic carbocycles. The molecule has 1 atom stereocenters. The molecule has 4 rings (SSSR count). The second-order valence-electron chi connectivity index (χ2n) is 7.94. The molecule has 1 amide bonds. The fourth-order valence-electron chi connectivity index (χ4n) is 4.10. The standard InChI is InChI=1S/C22H26N2O4/c1-28-16-7-8-19-17(11-16)18(12-20(23-19)15-5-6-15)22(27)24-10-2-3-14(13-24)4-9-21(25)26/h7-8,11-12,14-15H,2-6,9-10,13H2,1H3,(H,25,26). The molecule has 6 heteroatoms. The molecule has 1 saturated heterocycles. The predicted molar refractivity (Wildman–Crippen MR) is 106 cm³/mol. The lowest BCUT2D eigenvalue weighted by Crippen LogP contribution is -2.40. The molecule has 28 heavy (non-hydrogen) atoms. The fourth-order valence-corrected chi connectivity index (χ4v) is 4.10. The number of carboxylic acids is 1. The number of fused-ring (bicyclic) bond motifs is 1. The van der Waals surface area contributed by atoms with Crippen molar-refractivity contribution in [2.24, 2.45) is 5.92 Å². The van der Waals surface area contributed by atoms with E-state index in [1.165, 1.54) is 0 Å². The SMILES string of the molecule is COc1ccc2nc(C3CC3)cc(C(=O)N3CCCC(CCC(=O)O)C3)c2c1. The van der Waals surface area contributed by atoms with E-state index in [0.717, 1.165) is 48.8 Å². The summed E-state index contributed by atoms with van der Waals surface area (Å²) in [6.45, 7) is 1.34. The van der Waals surface area contributed by atoms with Crippen molar-refractivity contribution in [2.45, 2.75) is 44.4 Å². The largest absolute Gasteiger partial charge is 0.497 e. The van der Waals surface area contributed by atoms with Gasteiger partial charge in [-0.2, -0.15) is 0 Å². The van der Waals surface area contributed by atoms with E-state index in [1.54, 1.807) is 7.11 Å². The highest BCUT2D eigenvalue weighted by Crippen LogP contribution is 2.40. The van der Waals surface area contributed by atoms with Crippen LogP contribution in [-0.4, -0.2) is 47.1 Å². The molecule has 6 nitrogen and oxygen atoms in total. The molecule has 1 saturated carbocycles. The third kappa shape index (κ3) is 3.96. The number of likely N-dealkylation sites (tertiary alicyclic amines) is 1. The topological polar surface area (TPSA) is 79.7 Å². The van der Waals surface area contributed by atoms with Crippen LogP contribution in [0.3, 0.4) is 0 Å². The molecule has 2 aromatic rings. The van der Waals surface area contributed by atoms with Gasteiger partial charge in [-0.25, -0.2) is 0 Å². The highest BCUT2D eigenvalue weighted by Gasteiger charge is 2.30. The number of benzene rings is 1. The Kier molecular flexibility index (Phi) is 5.20. The van der Waals surface area contributed by atoms with Crippen molar-refractivity contribution in [1.29, 1.82) is 0 Å². The Labute approximate surface area is 164 Å². The van der Waals surface area contributed by atoms with Crippen molar-refractivity contribution < 1.29 is 19.4 Å². The van der Waals surface area contributed by atoms with Crippen LogP contribution < -0.4 is 4.74 Å². The molecule has 2 fully saturated rings. The summed E-state index contributed by atoms with van der Waals surface area (Å²) in [6, 6.07) is 7.65. The molecule has 148 valence electrons. The number of carbonyl (C=O) groups is 2. The van der Waals surface area contributed by atoms with Gasteiger partial charge in [0.15, 0.2) is 0 Å². The van der Waals surface area contributed by atoms with Gasteiger partial charge in [-0.15, -0.1) is 0 Å². The molecule has 2 heterocycles. The molecule has 1 aromatic carbocycles. The zero-order valence-corrected chi connectivity index (χ0v) is 16.2. The third-order valence-electron chi connectivity index (χ3n) is 5.83. The molecule has 1 aromatic heterocycles. The van der Waals surface area contributed by atoms with Gasteiger partial charge < -0.3 is 14.7 Å². The zero-order chi connectivity index (χ0) is 19.7. The van der Waals surface area contributed by atoms with Gasteiger partial charge in [0, 0.05) is 36.5 Å². The predicted octanol–water partition coefficient (Wildman–Crippen LogP) is 3.84. The number of carboxylic acid groups (broad SMARTS) is 1. The number of aliphatic carboxylic acids is 1. The minimum absolute atomic E-state index is 0.0163. The summed E-state index contributed by atoms with van der Waals surface area (Å²) >= 11 is 0. The van der Waals surface area contributed by atoms with Crippen molar-refractivity contribution in [3.63, 3.8) is 0 Å². The van der Waals surface area contributed by atoms with Gasteiger partial charge in [0.25, 0.3) is 5.91 Å². The van der Waals surface area contributed by atoms with Crippen LogP contribution in [0.1, 0.15) is 60.5 Å². The maximum atomic E-state index is 13.4. The Morgan fingerprint density at radius 3 is 2.79 bits per heavy atom. The van der Waals surface area contributed by atoms with Crippen LogP contribution in [0.5, 0.6) is 5.75 Å². The van der Waals surface area contributed by atoms with Crippen LogP contribution in [0.15, 0.2) is 24.3 Å². The van der Waals surface area contributed by atoms with Crippen LogP contribution in [0.25, 0.3) is 10.9 Å². The van der Waals surface area contributed by atoms with E-state index in [2.05, 4.69) is 0 Å². The molecule has 0 bridgehead atoms. The van der Waals surface area contributed by atoms with E-state index in [9.17, 15) is 9.59 Å². The summed E-state index contributed by atoms with van der Waals surface area (Å²) in [7, 11) is 1.62. The molecule has 1 unspecified atom stereocenters. The lowest BCUT2D eigenvalue weighted by molar-refractivity contribution is -0.137. The summed E-state index contributed by atoms with van der Waals surface area (Å²) in [5.41, 5.74) is 2.51. The van der Waals surface area contributed by atoms with Gasteiger partial charge in [0.1, 0.15) is 5.75 Å². The molecular formula is C22H26N2O4. The molecule has 1 N–H and O–H groups in total. The quantitative estimate of drug-likeness (QED) is 0.821. The van der Waals surface area contributed by atoms with E-state index in [0.29, 0.717) is 30.2 Å². The first-order valence-electron chi connectivity index (χ1n) is 10.0. The van der Waals surface area contributed by atoms with Crippen molar-refractivity contribution in [3.05, 3.63) is 35.5 Å². The Morgan fingerprint density at radius 2 is 2.07 bits per heavy atom. The maximum absolute atomic E-state index is 13.4. The first-order valence-corrected chi connectivity index (χ1v) is 10.0. The number of rotatable bonds is 6. The van der Waals surface area contributed by atoms with Crippen molar-refractivity contribution >= 4 is 22.8 Å². The Hall–Kier alpha value is -2.63. The Bertz CT molecular complexity index is 907. The van der Waals surface area contributed by atoms with Crippen molar-refractivity contribution in [3.8, 4) is 5.75 Å². The number of carbonyl (C=O) groups excluding carboxylic acids is 1. The minimum atomic E-state index is -0.773. The van der Waals surface area contributed by atoms with Crippen molar-refractivity contribution in [2.75, 3.05) is 20.2 Å². The average molecular weight is 382 g/mol. The number of pyridine rings is 1. The minimum Gasteiger partial charge on any atom is -0.497 e. The van der Waals surface area contributed by atoms with E-state index in [4.69, 9.17) is 14.8 Å². The van der Waals surface area contributed by atoms with E-state index in [-0.39, 0.29) is 18.2 Å². The van der Waals surface area contributed by atoms with E-state index < -0.39 is 5.97 Å². The highest BCUT2D eigenvalue weighted by atomic mass is 16.5. The van der Waals surface area contributed by atoms with Crippen LogP contribution in [-0.2, 0) is 4.79 Å². The number of hydrogen-bond donors (Lipinski definition) is 1. The first-order chi connectivity index (χ1) is 13.5. The monoisotopic (exact) mass is 382 g/mol. The van der Waals surface area contributed by atoms with Gasteiger partial charge in [-0.1, -0.05) is 0 Å². The number of aromatic nitrogens is 1. The molecule has 2 aliphatic rings.